The SMILES string of the molecule is CC(c1ccc(F)c(F)c1)N(C)C(=O)COc1ccccc1I. The predicted molar refractivity (Wildman–Crippen MR) is 92.2 cm³/mol. The summed E-state index contributed by atoms with van der Waals surface area (Å²) in [4.78, 5) is 13.7. The average Bonchev–Trinajstić information content (AvgIpc) is 2.55. The zero-order chi connectivity index (χ0) is 17.0. The van der Waals surface area contributed by atoms with Gasteiger partial charge in [-0.05, 0) is 59.3 Å². The molecule has 6 heteroatoms. The molecule has 0 spiro atoms. The number of carbonyl (C=O) groups is 1. The van der Waals surface area contributed by atoms with E-state index in [0.29, 0.717) is 11.3 Å². The van der Waals surface area contributed by atoms with E-state index in [1.54, 1.807) is 20.0 Å². The zero-order valence-corrected chi connectivity index (χ0v) is 14.9. The van der Waals surface area contributed by atoms with E-state index in [1.165, 1.54) is 11.0 Å². The Morgan fingerprint density at radius 3 is 2.57 bits per heavy atom. The first kappa shape index (κ1) is 17.7. The van der Waals surface area contributed by atoms with Crippen LogP contribution in [0.4, 0.5) is 8.78 Å². The van der Waals surface area contributed by atoms with Crippen LogP contribution in [0, 0.1) is 15.2 Å². The van der Waals surface area contributed by atoms with Crippen LogP contribution < -0.4 is 4.74 Å². The van der Waals surface area contributed by atoms with Crippen LogP contribution in [-0.4, -0.2) is 24.5 Å². The summed E-state index contributed by atoms with van der Waals surface area (Å²) in [5.74, 6) is -1.44. The number of nitrogens with zero attached hydrogens (tertiary/aromatic N) is 1. The highest BCUT2D eigenvalue weighted by atomic mass is 127. The Morgan fingerprint density at radius 2 is 1.91 bits per heavy atom. The lowest BCUT2D eigenvalue weighted by molar-refractivity contribution is -0.134. The molecule has 2 aromatic carbocycles. The maximum Gasteiger partial charge on any atom is 0.260 e. The van der Waals surface area contributed by atoms with Crippen LogP contribution >= 0.6 is 22.6 Å². The predicted octanol–water partition coefficient (Wildman–Crippen LogP) is 4.17. The first-order valence-electron chi connectivity index (χ1n) is 6.98. The Morgan fingerprint density at radius 1 is 1.22 bits per heavy atom. The van der Waals surface area contributed by atoms with Crippen molar-refractivity contribution in [2.45, 2.75) is 13.0 Å². The third-order valence-electron chi connectivity index (χ3n) is 3.59. The second kappa shape index (κ2) is 7.72. The highest BCUT2D eigenvalue weighted by molar-refractivity contribution is 14.1. The molecule has 0 saturated heterocycles. The fraction of sp³-hybridized carbons (Fsp3) is 0.235. The van der Waals surface area contributed by atoms with Gasteiger partial charge in [0.15, 0.2) is 18.2 Å². The number of amides is 1. The lowest BCUT2D eigenvalue weighted by Gasteiger charge is -2.25. The molecule has 0 fully saturated rings. The molecule has 2 aromatic rings. The van der Waals surface area contributed by atoms with Crippen LogP contribution in [0.15, 0.2) is 42.5 Å². The van der Waals surface area contributed by atoms with Gasteiger partial charge in [-0.3, -0.25) is 4.79 Å². The Hall–Kier alpha value is -1.70. The molecule has 1 atom stereocenters. The summed E-state index contributed by atoms with van der Waals surface area (Å²) in [5.41, 5.74) is 0.522. The van der Waals surface area contributed by atoms with E-state index in [2.05, 4.69) is 22.6 Å². The van der Waals surface area contributed by atoms with Crippen molar-refractivity contribution < 1.29 is 18.3 Å². The minimum absolute atomic E-state index is 0.121. The number of benzene rings is 2. The average molecular weight is 431 g/mol. The third kappa shape index (κ3) is 4.40. The summed E-state index contributed by atoms with van der Waals surface area (Å²) in [7, 11) is 1.60. The van der Waals surface area contributed by atoms with Gasteiger partial charge in [-0.1, -0.05) is 18.2 Å². The molecule has 0 saturated carbocycles. The van der Waals surface area contributed by atoms with Crippen LogP contribution in [0.25, 0.3) is 0 Å². The zero-order valence-electron chi connectivity index (χ0n) is 12.7. The number of halogens is 3. The first-order valence-corrected chi connectivity index (χ1v) is 8.06. The summed E-state index contributed by atoms with van der Waals surface area (Å²) < 4.78 is 32.7. The van der Waals surface area contributed by atoms with Crippen molar-refractivity contribution in [1.82, 2.24) is 4.90 Å². The van der Waals surface area contributed by atoms with Gasteiger partial charge in [0.2, 0.25) is 0 Å². The molecule has 2 rings (SSSR count). The molecule has 23 heavy (non-hydrogen) atoms. The van der Waals surface area contributed by atoms with E-state index in [-0.39, 0.29) is 12.5 Å². The molecule has 1 amide bonds. The maximum atomic E-state index is 13.3. The van der Waals surface area contributed by atoms with Gasteiger partial charge in [-0.15, -0.1) is 0 Å². The maximum absolute atomic E-state index is 13.3. The summed E-state index contributed by atoms with van der Waals surface area (Å²) in [6.07, 6.45) is 0. The molecule has 0 N–H and O–H groups in total. The van der Waals surface area contributed by atoms with Crippen molar-refractivity contribution in [1.29, 1.82) is 0 Å². The molecular formula is C17H16F2INO2. The molecule has 0 aromatic heterocycles. The fourth-order valence-electron chi connectivity index (χ4n) is 2.01. The standard InChI is InChI=1S/C17H16F2INO2/c1-11(12-7-8-13(18)14(19)9-12)21(2)17(22)10-23-16-6-4-3-5-15(16)20/h3-9,11H,10H2,1-2H3. The quantitative estimate of drug-likeness (QED) is 0.666. The molecular weight excluding hydrogens is 415 g/mol. The van der Waals surface area contributed by atoms with Gasteiger partial charge in [0.25, 0.3) is 5.91 Å². The Labute approximate surface area is 147 Å². The number of ether oxygens (including phenoxy) is 1. The van der Waals surface area contributed by atoms with Crippen molar-refractivity contribution in [2.24, 2.45) is 0 Å². The van der Waals surface area contributed by atoms with Crippen LogP contribution in [0.5, 0.6) is 5.75 Å². The van der Waals surface area contributed by atoms with E-state index >= 15 is 0 Å². The normalized spacial score (nSPS) is 11.9. The second-order valence-electron chi connectivity index (χ2n) is 5.07. The topological polar surface area (TPSA) is 29.5 Å². The van der Waals surface area contributed by atoms with Crippen LogP contribution in [-0.2, 0) is 4.79 Å². The van der Waals surface area contributed by atoms with Crippen molar-refractivity contribution in [3.8, 4) is 5.75 Å². The number of likely N-dealkylation sites (N-methyl/N-ethyl adjacent to an activating group) is 1. The highest BCUT2D eigenvalue weighted by Gasteiger charge is 2.19. The first-order chi connectivity index (χ1) is 10.9. The second-order valence-corrected chi connectivity index (χ2v) is 6.24. The van der Waals surface area contributed by atoms with Crippen molar-refractivity contribution in [3.05, 3.63) is 63.2 Å². The fourth-order valence-corrected chi connectivity index (χ4v) is 2.56. The van der Waals surface area contributed by atoms with E-state index < -0.39 is 17.7 Å². The van der Waals surface area contributed by atoms with Gasteiger partial charge in [-0.2, -0.15) is 0 Å². The van der Waals surface area contributed by atoms with Gasteiger partial charge >= 0.3 is 0 Å². The molecule has 1 unspecified atom stereocenters. The molecule has 0 radical (unpaired) electrons. The smallest absolute Gasteiger partial charge is 0.260 e. The lowest BCUT2D eigenvalue weighted by atomic mass is 10.1. The van der Waals surface area contributed by atoms with Gasteiger partial charge in [0.1, 0.15) is 5.75 Å². The molecule has 0 bridgehead atoms. The Balaban J connectivity index is 2.01. The summed E-state index contributed by atoms with van der Waals surface area (Å²) in [5, 5.41) is 0. The van der Waals surface area contributed by atoms with Crippen molar-refractivity contribution >= 4 is 28.5 Å². The molecule has 0 aliphatic heterocycles. The van der Waals surface area contributed by atoms with E-state index in [0.717, 1.165) is 15.7 Å². The number of hydrogen-bond donors (Lipinski definition) is 0. The number of hydrogen-bond acceptors (Lipinski definition) is 2. The Kier molecular flexibility index (Phi) is 5.92. The summed E-state index contributed by atoms with van der Waals surface area (Å²) >= 11 is 2.13. The van der Waals surface area contributed by atoms with Gasteiger partial charge < -0.3 is 9.64 Å². The molecule has 0 heterocycles. The van der Waals surface area contributed by atoms with Gasteiger partial charge in [0, 0.05) is 7.05 Å². The van der Waals surface area contributed by atoms with Crippen LogP contribution in [0.1, 0.15) is 18.5 Å². The summed E-state index contributed by atoms with van der Waals surface area (Å²) in [6.45, 7) is 1.63. The molecule has 122 valence electrons. The number of para-hydroxylation sites is 1. The summed E-state index contributed by atoms with van der Waals surface area (Å²) in [6, 6.07) is 10.6. The Bertz CT molecular complexity index is 709. The third-order valence-corrected chi connectivity index (χ3v) is 4.48. The van der Waals surface area contributed by atoms with Crippen LogP contribution in [0.2, 0.25) is 0 Å². The van der Waals surface area contributed by atoms with Crippen LogP contribution in [0.3, 0.4) is 0 Å². The van der Waals surface area contributed by atoms with E-state index in [4.69, 9.17) is 4.74 Å². The minimum atomic E-state index is -0.926. The minimum Gasteiger partial charge on any atom is -0.483 e. The van der Waals surface area contributed by atoms with E-state index in [1.807, 2.05) is 18.2 Å². The molecule has 3 nitrogen and oxygen atoms in total. The number of rotatable bonds is 5. The monoisotopic (exact) mass is 431 g/mol. The van der Waals surface area contributed by atoms with Gasteiger partial charge in [-0.25, -0.2) is 8.78 Å². The van der Waals surface area contributed by atoms with Gasteiger partial charge in [0.05, 0.1) is 9.61 Å². The number of carbonyl (C=O) groups excluding carboxylic acids is 1. The van der Waals surface area contributed by atoms with Crippen molar-refractivity contribution in [2.75, 3.05) is 13.7 Å². The van der Waals surface area contributed by atoms with E-state index in [9.17, 15) is 13.6 Å². The highest BCUT2D eigenvalue weighted by Crippen LogP contribution is 2.22. The lowest BCUT2D eigenvalue weighted by Crippen LogP contribution is -2.33. The van der Waals surface area contributed by atoms with Crippen molar-refractivity contribution in [3.63, 3.8) is 0 Å². The molecule has 0 aliphatic rings. The molecule has 0 aliphatic carbocycles. The largest absolute Gasteiger partial charge is 0.483 e.